The summed E-state index contributed by atoms with van der Waals surface area (Å²) in [6.07, 6.45) is 0. The largest absolute Gasteiger partial charge is 0.383 e. The van der Waals surface area contributed by atoms with Crippen molar-refractivity contribution in [3.63, 3.8) is 0 Å². The second kappa shape index (κ2) is 6.86. The molecule has 1 aromatic carbocycles. The highest BCUT2D eigenvalue weighted by atomic mass is 16.5. The van der Waals surface area contributed by atoms with Crippen LogP contribution in [0.3, 0.4) is 0 Å². The molecule has 0 aliphatic rings. The fraction of sp³-hybridized carbons (Fsp3) is 0.333. The number of nitrogens with zero attached hydrogens (tertiary/aromatic N) is 2. The van der Waals surface area contributed by atoms with Gasteiger partial charge in [0.05, 0.1) is 6.61 Å². The lowest BCUT2D eigenvalue weighted by molar-refractivity contribution is 0.210. The van der Waals surface area contributed by atoms with Crippen LogP contribution in [0.2, 0.25) is 0 Å². The Kier molecular flexibility index (Phi) is 4.90. The molecule has 0 fully saturated rings. The van der Waals surface area contributed by atoms with Crippen molar-refractivity contribution in [3.05, 3.63) is 41.7 Å². The highest BCUT2D eigenvalue weighted by Gasteiger charge is 2.02. The molecule has 2 rings (SSSR count). The van der Waals surface area contributed by atoms with E-state index < -0.39 is 0 Å². The Balaban J connectivity index is 2.09. The molecule has 5 nitrogen and oxygen atoms in total. The smallest absolute Gasteiger partial charge is 0.136 e. The Morgan fingerprint density at radius 3 is 2.45 bits per heavy atom. The zero-order chi connectivity index (χ0) is 14.4. The van der Waals surface area contributed by atoms with Crippen LogP contribution in [0.4, 0.5) is 17.3 Å². The van der Waals surface area contributed by atoms with Crippen LogP contribution in [-0.2, 0) is 4.74 Å². The fourth-order valence-corrected chi connectivity index (χ4v) is 1.79. The van der Waals surface area contributed by atoms with Gasteiger partial charge in [-0.05, 0) is 26.0 Å². The van der Waals surface area contributed by atoms with Crippen molar-refractivity contribution in [2.75, 3.05) is 30.9 Å². The van der Waals surface area contributed by atoms with Crippen molar-refractivity contribution in [2.45, 2.75) is 13.8 Å². The lowest BCUT2D eigenvalue weighted by atomic mass is 10.2. The Labute approximate surface area is 119 Å². The number of aromatic nitrogens is 2. The van der Waals surface area contributed by atoms with Gasteiger partial charge in [0.2, 0.25) is 0 Å². The summed E-state index contributed by atoms with van der Waals surface area (Å²) in [5.41, 5.74) is 2.24. The van der Waals surface area contributed by atoms with Gasteiger partial charge < -0.3 is 15.4 Å². The van der Waals surface area contributed by atoms with E-state index in [0.717, 1.165) is 29.7 Å². The number of rotatable bonds is 6. The molecule has 5 heteroatoms. The van der Waals surface area contributed by atoms with Gasteiger partial charge in [0, 0.05) is 25.4 Å². The molecule has 106 valence electrons. The first-order chi connectivity index (χ1) is 9.67. The third-order valence-corrected chi connectivity index (χ3v) is 2.77. The summed E-state index contributed by atoms with van der Waals surface area (Å²) in [5, 5.41) is 6.49. The number of aryl methyl sites for hydroxylation is 2. The Bertz CT molecular complexity index is 554. The topological polar surface area (TPSA) is 59.1 Å². The molecule has 1 aromatic heterocycles. The highest BCUT2D eigenvalue weighted by Crippen LogP contribution is 2.17. The predicted molar refractivity (Wildman–Crippen MR) is 81.6 cm³/mol. The normalized spacial score (nSPS) is 10.3. The predicted octanol–water partition coefficient (Wildman–Crippen LogP) is 2.90. The SMILES string of the molecule is COCCNc1cc(Nc2ccc(C)cc2)nc(C)n1. The van der Waals surface area contributed by atoms with Gasteiger partial charge >= 0.3 is 0 Å². The molecule has 0 amide bonds. The molecule has 0 bridgehead atoms. The monoisotopic (exact) mass is 272 g/mol. The van der Waals surface area contributed by atoms with Crippen molar-refractivity contribution in [2.24, 2.45) is 0 Å². The van der Waals surface area contributed by atoms with Gasteiger partial charge in [0.25, 0.3) is 0 Å². The van der Waals surface area contributed by atoms with Crippen LogP contribution in [0.25, 0.3) is 0 Å². The van der Waals surface area contributed by atoms with Gasteiger partial charge in [0.15, 0.2) is 0 Å². The number of methoxy groups -OCH3 is 1. The van der Waals surface area contributed by atoms with Crippen LogP contribution in [0.15, 0.2) is 30.3 Å². The Morgan fingerprint density at radius 2 is 1.75 bits per heavy atom. The van der Waals surface area contributed by atoms with E-state index in [9.17, 15) is 0 Å². The molecule has 2 aromatic rings. The molecular weight excluding hydrogens is 252 g/mol. The first kappa shape index (κ1) is 14.3. The zero-order valence-electron chi connectivity index (χ0n) is 12.1. The van der Waals surface area contributed by atoms with E-state index in [-0.39, 0.29) is 0 Å². The van der Waals surface area contributed by atoms with Crippen LogP contribution < -0.4 is 10.6 Å². The summed E-state index contributed by atoms with van der Waals surface area (Å²) < 4.78 is 5.01. The molecule has 2 N–H and O–H groups in total. The van der Waals surface area contributed by atoms with E-state index in [1.165, 1.54) is 5.56 Å². The van der Waals surface area contributed by atoms with Crippen molar-refractivity contribution in [1.29, 1.82) is 0 Å². The van der Waals surface area contributed by atoms with Crippen molar-refractivity contribution in [1.82, 2.24) is 9.97 Å². The molecule has 0 saturated heterocycles. The van der Waals surface area contributed by atoms with Crippen molar-refractivity contribution in [3.8, 4) is 0 Å². The number of ether oxygens (including phenoxy) is 1. The fourth-order valence-electron chi connectivity index (χ4n) is 1.79. The molecule has 0 unspecified atom stereocenters. The quantitative estimate of drug-likeness (QED) is 0.792. The van der Waals surface area contributed by atoms with Crippen LogP contribution in [0.1, 0.15) is 11.4 Å². The average Bonchev–Trinajstić information content (AvgIpc) is 2.41. The van der Waals surface area contributed by atoms with Gasteiger partial charge in [-0.3, -0.25) is 0 Å². The molecule has 0 spiro atoms. The Hall–Kier alpha value is -2.14. The van der Waals surface area contributed by atoms with Crippen LogP contribution in [0.5, 0.6) is 0 Å². The molecule has 0 aliphatic heterocycles. The van der Waals surface area contributed by atoms with E-state index in [1.54, 1.807) is 7.11 Å². The summed E-state index contributed by atoms with van der Waals surface area (Å²) in [5.74, 6) is 2.30. The first-order valence-electron chi connectivity index (χ1n) is 6.59. The lowest BCUT2D eigenvalue weighted by Crippen LogP contribution is -2.10. The van der Waals surface area contributed by atoms with E-state index in [4.69, 9.17) is 4.74 Å². The van der Waals surface area contributed by atoms with Crippen LogP contribution in [-0.4, -0.2) is 30.2 Å². The summed E-state index contributed by atoms with van der Waals surface area (Å²) in [6, 6.07) is 10.1. The van der Waals surface area contributed by atoms with Gasteiger partial charge in [-0.15, -0.1) is 0 Å². The first-order valence-corrected chi connectivity index (χ1v) is 6.59. The standard InChI is InChI=1S/C15H20N4O/c1-11-4-6-13(7-5-11)19-15-10-14(16-8-9-20-3)17-12(2)18-15/h4-7,10H,8-9H2,1-3H3,(H2,16,17,18,19). The maximum atomic E-state index is 5.01. The molecule has 0 saturated carbocycles. The molecule has 20 heavy (non-hydrogen) atoms. The summed E-state index contributed by atoms with van der Waals surface area (Å²) in [7, 11) is 1.68. The van der Waals surface area contributed by atoms with Crippen LogP contribution >= 0.6 is 0 Å². The summed E-state index contributed by atoms with van der Waals surface area (Å²) in [4.78, 5) is 8.73. The summed E-state index contributed by atoms with van der Waals surface area (Å²) in [6.45, 7) is 5.30. The third-order valence-electron chi connectivity index (χ3n) is 2.77. The maximum absolute atomic E-state index is 5.01. The van der Waals surface area contributed by atoms with Crippen LogP contribution in [0, 0.1) is 13.8 Å². The minimum absolute atomic E-state index is 0.643. The van der Waals surface area contributed by atoms with Gasteiger partial charge in [-0.2, -0.15) is 0 Å². The summed E-state index contributed by atoms with van der Waals surface area (Å²) >= 11 is 0. The second-order valence-electron chi connectivity index (χ2n) is 4.60. The second-order valence-corrected chi connectivity index (χ2v) is 4.60. The van der Waals surface area contributed by atoms with Crippen molar-refractivity contribution < 1.29 is 4.74 Å². The lowest BCUT2D eigenvalue weighted by Gasteiger charge is -2.10. The number of hydrogen-bond donors (Lipinski definition) is 2. The van der Waals surface area contributed by atoms with E-state index in [0.29, 0.717) is 6.61 Å². The van der Waals surface area contributed by atoms with Gasteiger partial charge in [-0.1, -0.05) is 17.7 Å². The number of hydrogen-bond acceptors (Lipinski definition) is 5. The zero-order valence-corrected chi connectivity index (χ0v) is 12.1. The van der Waals surface area contributed by atoms with Crippen molar-refractivity contribution >= 4 is 17.3 Å². The number of anilines is 3. The molecule has 0 aliphatic carbocycles. The Morgan fingerprint density at radius 1 is 1.05 bits per heavy atom. The van der Waals surface area contributed by atoms with Gasteiger partial charge in [-0.25, -0.2) is 9.97 Å². The molecule has 0 radical (unpaired) electrons. The third kappa shape index (κ3) is 4.20. The number of nitrogens with one attached hydrogen (secondary N) is 2. The maximum Gasteiger partial charge on any atom is 0.136 e. The number of benzene rings is 1. The van der Waals surface area contributed by atoms with E-state index in [2.05, 4.69) is 39.7 Å². The average molecular weight is 272 g/mol. The highest BCUT2D eigenvalue weighted by molar-refractivity contribution is 5.59. The molecular formula is C15H20N4O. The van der Waals surface area contributed by atoms with Gasteiger partial charge in [0.1, 0.15) is 17.5 Å². The van der Waals surface area contributed by atoms with E-state index >= 15 is 0 Å². The molecule has 1 heterocycles. The van der Waals surface area contributed by atoms with E-state index in [1.807, 2.05) is 25.1 Å². The molecule has 0 atom stereocenters. The minimum atomic E-state index is 0.643. The minimum Gasteiger partial charge on any atom is -0.383 e.